The van der Waals surface area contributed by atoms with Crippen molar-refractivity contribution in [3.63, 3.8) is 0 Å². The van der Waals surface area contributed by atoms with Gasteiger partial charge in [-0.3, -0.25) is 4.99 Å². The minimum Gasteiger partial charge on any atom is -0.379 e. The number of aromatic nitrogens is 1. The molecule has 0 aliphatic carbocycles. The number of aliphatic imine (C=N–C) groups is 1. The molecule has 0 aliphatic rings. The van der Waals surface area contributed by atoms with E-state index >= 15 is 0 Å². The van der Waals surface area contributed by atoms with Crippen LogP contribution < -0.4 is 10.6 Å². The van der Waals surface area contributed by atoms with Crippen molar-refractivity contribution in [3.05, 3.63) is 40.9 Å². The second-order valence-corrected chi connectivity index (χ2v) is 7.41. The number of thiazole rings is 1. The van der Waals surface area contributed by atoms with Gasteiger partial charge < -0.3 is 20.1 Å². The van der Waals surface area contributed by atoms with Gasteiger partial charge in [0.2, 0.25) is 0 Å². The largest absolute Gasteiger partial charge is 0.379 e. The SMILES string of the molecule is CCCCOCCOCCNC(=NC)NCc1sc(-c2ccccc2)nc1C.I. The Balaban J connectivity index is 0.00000420. The first kappa shape index (κ1) is 25.8. The van der Waals surface area contributed by atoms with Crippen LogP contribution in [-0.2, 0) is 16.0 Å². The molecule has 2 aromatic rings. The van der Waals surface area contributed by atoms with E-state index in [1.165, 1.54) is 4.88 Å². The lowest BCUT2D eigenvalue weighted by Gasteiger charge is -2.11. The Bertz CT molecular complexity index is 710. The Hall–Kier alpha value is -1.23. The number of unbranched alkanes of at least 4 members (excludes halogenated alkanes) is 1. The second-order valence-electron chi connectivity index (χ2n) is 6.32. The summed E-state index contributed by atoms with van der Waals surface area (Å²) >= 11 is 1.71. The Kier molecular flexibility index (Phi) is 13.9. The third-order valence-electron chi connectivity index (χ3n) is 4.11. The molecule has 2 N–H and O–H groups in total. The third-order valence-corrected chi connectivity index (χ3v) is 5.31. The number of hydrogen-bond donors (Lipinski definition) is 2. The normalized spacial score (nSPS) is 11.2. The Morgan fingerprint density at radius 3 is 2.48 bits per heavy atom. The molecule has 1 aromatic carbocycles. The molecule has 8 heteroatoms. The van der Waals surface area contributed by atoms with E-state index in [2.05, 4.69) is 34.7 Å². The average molecular weight is 532 g/mol. The van der Waals surface area contributed by atoms with Gasteiger partial charge in [-0.05, 0) is 13.3 Å². The van der Waals surface area contributed by atoms with E-state index in [9.17, 15) is 0 Å². The van der Waals surface area contributed by atoms with Crippen LogP contribution in [0, 0.1) is 6.92 Å². The predicted molar refractivity (Wildman–Crippen MR) is 132 cm³/mol. The standard InChI is InChI=1S/C21H32N4O2S.HI/c1-4-5-12-26-14-15-27-13-11-23-21(22-3)24-16-19-17(2)25-20(28-19)18-9-7-6-8-10-18;/h6-10H,4-5,11-16H2,1-3H3,(H2,22,23,24);1H. The summed E-state index contributed by atoms with van der Waals surface area (Å²) in [5, 5.41) is 7.66. The van der Waals surface area contributed by atoms with Gasteiger partial charge in [0.25, 0.3) is 0 Å². The summed E-state index contributed by atoms with van der Waals surface area (Å²) in [5.41, 5.74) is 2.21. The van der Waals surface area contributed by atoms with E-state index in [1.54, 1.807) is 18.4 Å². The predicted octanol–water partition coefficient (Wildman–Crippen LogP) is 4.23. The minimum absolute atomic E-state index is 0. The molecule has 0 saturated carbocycles. The zero-order valence-electron chi connectivity index (χ0n) is 17.6. The summed E-state index contributed by atoms with van der Waals surface area (Å²) < 4.78 is 11.0. The van der Waals surface area contributed by atoms with Crippen LogP contribution in [0.2, 0.25) is 0 Å². The van der Waals surface area contributed by atoms with Gasteiger partial charge in [-0.25, -0.2) is 4.98 Å². The molecule has 0 bridgehead atoms. The first-order valence-corrected chi connectivity index (χ1v) is 10.7. The van der Waals surface area contributed by atoms with Gasteiger partial charge in [0.15, 0.2) is 5.96 Å². The number of nitrogens with one attached hydrogen (secondary N) is 2. The van der Waals surface area contributed by atoms with Crippen molar-refractivity contribution in [2.45, 2.75) is 33.2 Å². The van der Waals surface area contributed by atoms with E-state index in [0.29, 0.717) is 32.9 Å². The molecule has 162 valence electrons. The average Bonchev–Trinajstić information content (AvgIpc) is 3.10. The van der Waals surface area contributed by atoms with Crippen molar-refractivity contribution in [2.75, 3.05) is 40.0 Å². The molecular formula is C21H33IN4O2S. The van der Waals surface area contributed by atoms with Crippen LogP contribution in [0.15, 0.2) is 35.3 Å². The number of hydrogen-bond acceptors (Lipinski definition) is 5. The smallest absolute Gasteiger partial charge is 0.191 e. The van der Waals surface area contributed by atoms with Crippen molar-refractivity contribution in [1.29, 1.82) is 0 Å². The van der Waals surface area contributed by atoms with E-state index in [4.69, 9.17) is 14.5 Å². The van der Waals surface area contributed by atoms with Crippen LogP contribution in [0.1, 0.15) is 30.3 Å². The summed E-state index contributed by atoms with van der Waals surface area (Å²) in [6, 6.07) is 10.3. The number of aryl methyl sites for hydroxylation is 1. The molecule has 0 amide bonds. The molecule has 6 nitrogen and oxygen atoms in total. The van der Waals surface area contributed by atoms with Crippen LogP contribution in [-0.4, -0.2) is 51.0 Å². The highest BCUT2D eigenvalue weighted by Crippen LogP contribution is 2.27. The number of guanidine groups is 1. The zero-order chi connectivity index (χ0) is 20.0. The van der Waals surface area contributed by atoms with Crippen LogP contribution in [0.3, 0.4) is 0 Å². The highest BCUT2D eigenvalue weighted by Gasteiger charge is 2.09. The highest BCUT2D eigenvalue weighted by molar-refractivity contribution is 14.0. The lowest BCUT2D eigenvalue weighted by Crippen LogP contribution is -2.38. The maximum absolute atomic E-state index is 5.56. The first-order chi connectivity index (χ1) is 13.7. The first-order valence-electron chi connectivity index (χ1n) is 9.86. The molecule has 2 rings (SSSR count). The van der Waals surface area contributed by atoms with Crippen molar-refractivity contribution < 1.29 is 9.47 Å². The van der Waals surface area contributed by atoms with Crippen LogP contribution in [0.25, 0.3) is 10.6 Å². The Morgan fingerprint density at radius 1 is 1.07 bits per heavy atom. The number of halogens is 1. The molecule has 29 heavy (non-hydrogen) atoms. The van der Waals surface area contributed by atoms with Gasteiger partial charge in [0, 0.05) is 30.6 Å². The lowest BCUT2D eigenvalue weighted by atomic mass is 10.2. The van der Waals surface area contributed by atoms with Crippen LogP contribution >= 0.6 is 35.3 Å². The van der Waals surface area contributed by atoms with Gasteiger partial charge in [0.05, 0.1) is 32.1 Å². The molecular weight excluding hydrogens is 499 g/mol. The van der Waals surface area contributed by atoms with Gasteiger partial charge in [-0.1, -0.05) is 43.7 Å². The number of rotatable bonds is 12. The molecule has 1 aromatic heterocycles. The summed E-state index contributed by atoms with van der Waals surface area (Å²) in [4.78, 5) is 10.2. The molecule has 0 unspecified atom stereocenters. The van der Waals surface area contributed by atoms with Gasteiger partial charge in [-0.2, -0.15) is 0 Å². The minimum atomic E-state index is 0. The molecule has 0 saturated heterocycles. The summed E-state index contributed by atoms with van der Waals surface area (Å²) in [5.74, 6) is 0.761. The summed E-state index contributed by atoms with van der Waals surface area (Å²) in [6.45, 7) is 8.32. The van der Waals surface area contributed by atoms with Crippen molar-refractivity contribution in [2.24, 2.45) is 4.99 Å². The van der Waals surface area contributed by atoms with Crippen molar-refractivity contribution in [3.8, 4) is 10.6 Å². The summed E-state index contributed by atoms with van der Waals surface area (Å²) in [7, 11) is 1.77. The van der Waals surface area contributed by atoms with Crippen LogP contribution in [0.5, 0.6) is 0 Å². The van der Waals surface area contributed by atoms with E-state index in [0.717, 1.165) is 41.7 Å². The maximum Gasteiger partial charge on any atom is 0.191 e. The van der Waals surface area contributed by atoms with Crippen molar-refractivity contribution >= 4 is 41.3 Å². The third kappa shape index (κ3) is 9.88. The van der Waals surface area contributed by atoms with Crippen molar-refractivity contribution in [1.82, 2.24) is 15.6 Å². The van der Waals surface area contributed by atoms with Gasteiger partial charge >= 0.3 is 0 Å². The van der Waals surface area contributed by atoms with Gasteiger partial charge in [-0.15, -0.1) is 35.3 Å². The molecule has 0 radical (unpaired) electrons. The monoisotopic (exact) mass is 532 g/mol. The molecule has 0 atom stereocenters. The van der Waals surface area contributed by atoms with E-state index in [1.807, 2.05) is 25.1 Å². The molecule has 0 fully saturated rings. The molecule has 1 heterocycles. The van der Waals surface area contributed by atoms with E-state index < -0.39 is 0 Å². The molecule has 0 aliphatic heterocycles. The van der Waals surface area contributed by atoms with Gasteiger partial charge in [0.1, 0.15) is 5.01 Å². The zero-order valence-corrected chi connectivity index (χ0v) is 20.7. The summed E-state index contributed by atoms with van der Waals surface area (Å²) in [6.07, 6.45) is 2.27. The Morgan fingerprint density at radius 2 is 1.79 bits per heavy atom. The second kappa shape index (κ2) is 15.6. The quantitative estimate of drug-likeness (QED) is 0.185. The fraction of sp³-hybridized carbons (Fsp3) is 0.524. The number of nitrogens with zero attached hydrogens (tertiary/aromatic N) is 2. The molecule has 0 spiro atoms. The van der Waals surface area contributed by atoms with Crippen LogP contribution in [0.4, 0.5) is 0 Å². The fourth-order valence-electron chi connectivity index (χ4n) is 2.49. The van der Waals surface area contributed by atoms with E-state index in [-0.39, 0.29) is 24.0 Å². The fourth-order valence-corrected chi connectivity index (χ4v) is 3.50. The number of ether oxygens (including phenoxy) is 2. The maximum atomic E-state index is 5.56. The lowest BCUT2D eigenvalue weighted by molar-refractivity contribution is 0.0487. The number of benzene rings is 1. The Labute approximate surface area is 195 Å². The highest BCUT2D eigenvalue weighted by atomic mass is 127. The topological polar surface area (TPSA) is 67.8 Å².